The minimum absolute atomic E-state index is 0.133. The van der Waals surface area contributed by atoms with Crippen LogP contribution in [0.2, 0.25) is 0 Å². The second kappa shape index (κ2) is 4.49. The first-order valence-corrected chi connectivity index (χ1v) is 4.27. The van der Waals surface area contributed by atoms with Crippen LogP contribution in [0.1, 0.15) is 13.3 Å². The highest BCUT2D eigenvalue weighted by Crippen LogP contribution is 2.03. The minimum atomic E-state index is -0.384. The Hall–Kier alpha value is -1.52. The summed E-state index contributed by atoms with van der Waals surface area (Å²) in [5.74, 6) is -0.384. The van der Waals surface area contributed by atoms with Crippen molar-refractivity contribution in [3.05, 3.63) is 12.4 Å². The maximum absolute atomic E-state index is 10.5. The van der Waals surface area contributed by atoms with Gasteiger partial charge in [-0.25, -0.2) is 0 Å². The van der Waals surface area contributed by atoms with Gasteiger partial charge in [-0.05, 0) is 6.42 Å². The van der Waals surface area contributed by atoms with Gasteiger partial charge in [0, 0.05) is 12.7 Å². The van der Waals surface area contributed by atoms with E-state index in [1.165, 1.54) is 4.68 Å². The minimum Gasteiger partial charge on any atom is -0.383 e. The van der Waals surface area contributed by atoms with Gasteiger partial charge in [0.05, 0.1) is 11.9 Å². The Morgan fingerprint density at radius 1 is 1.77 bits per heavy atom. The average Bonchev–Trinajstić information content (AvgIpc) is 2.48. The summed E-state index contributed by atoms with van der Waals surface area (Å²) < 4.78 is 1.51. The lowest BCUT2D eigenvalue weighted by Crippen LogP contribution is -2.18. The molecular weight excluding hydrogens is 168 g/mol. The van der Waals surface area contributed by atoms with Crippen molar-refractivity contribution in [2.45, 2.75) is 19.9 Å². The van der Waals surface area contributed by atoms with Crippen LogP contribution in [0, 0.1) is 0 Å². The zero-order chi connectivity index (χ0) is 9.68. The predicted molar refractivity (Wildman–Crippen MR) is 50.2 cm³/mol. The van der Waals surface area contributed by atoms with Crippen molar-refractivity contribution in [3.8, 4) is 0 Å². The largest absolute Gasteiger partial charge is 0.383 e. The van der Waals surface area contributed by atoms with Crippen molar-refractivity contribution >= 4 is 11.6 Å². The number of anilines is 1. The van der Waals surface area contributed by atoms with Gasteiger partial charge in [-0.2, -0.15) is 5.10 Å². The second-order valence-electron chi connectivity index (χ2n) is 2.82. The van der Waals surface area contributed by atoms with Gasteiger partial charge in [-0.1, -0.05) is 6.92 Å². The molecule has 0 spiro atoms. The summed E-state index contributed by atoms with van der Waals surface area (Å²) in [5.41, 5.74) is 5.93. The summed E-state index contributed by atoms with van der Waals surface area (Å²) >= 11 is 0. The van der Waals surface area contributed by atoms with E-state index in [1.807, 2.05) is 0 Å². The summed E-state index contributed by atoms with van der Waals surface area (Å²) in [6, 6.07) is 0. The van der Waals surface area contributed by atoms with Gasteiger partial charge in [0.2, 0.25) is 5.91 Å². The molecule has 5 nitrogen and oxygen atoms in total. The van der Waals surface area contributed by atoms with Crippen molar-refractivity contribution < 1.29 is 4.79 Å². The summed E-state index contributed by atoms with van der Waals surface area (Å²) in [6.07, 6.45) is 4.50. The molecule has 1 rings (SSSR count). The number of nitrogens with one attached hydrogen (secondary N) is 1. The maximum atomic E-state index is 10.5. The number of hydrogen-bond donors (Lipinski definition) is 2. The molecule has 5 heteroatoms. The first-order valence-electron chi connectivity index (χ1n) is 4.27. The first-order chi connectivity index (χ1) is 6.22. The standard InChI is InChI=1S/C8H14N4O/c1-2-3-10-7-4-11-12(5-7)6-8(9)13/h4-5,10H,2-3,6H2,1H3,(H2,9,13). The number of carbonyl (C=O) groups excluding carboxylic acids is 1. The molecule has 0 bridgehead atoms. The lowest BCUT2D eigenvalue weighted by Gasteiger charge is -1.98. The molecule has 1 aromatic heterocycles. The molecule has 72 valence electrons. The number of hydrogen-bond acceptors (Lipinski definition) is 3. The highest BCUT2D eigenvalue weighted by atomic mass is 16.1. The molecule has 0 unspecified atom stereocenters. The van der Waals surface area contributed by atoms with Gasteiger partial charge in [0.15, 0.2) is 0 Å². The molecule has 0 aromatic carbocycles. The van der Waals surface area contributed by atoms with E-state index in [0.29, 0.717) is 0 Å². The molecule has 0 aliphatic carbocycles. The molecule has 0 aliphatic rings. The Labute approximate surface area is 76.9 Å². The molecule has 0 aliphatic heterocycles. The van der Waals surface area contributed by atoms with E-state index >= 15 is 0 Å². The predicted octanol–water partition coefficient (Wildman–Crippen LogP) is 0.190. The van der Waals surface area contributed by atoms with E-state index < -0.39 is 0 Å². The summed E-state index contributed by atoms with van der Waals surface area (Å²) in [7, 11) is 0. The smallest absolute Gasteiger partial charge is 0.239 e. The molecule has 0 atom stereocenters. The molecule has 3 N–H and O–H groups in total. The van der Waals surface area contributed by atoms with Gasteiger partial charge in [-0.15, -0.1) is 0 Å². The molecule has 1 amide bonds. The fourth-order valence-electron chi connectivity index (χ4n) is 0.970. The Balaban J connectivity index is 2.48. The van der Waals surface area contributed by atoms with Crippen LogP contribution < -0.4 is 11.1 Å². The number of rotatable bonds is 5. The Morgan fingerprint density at radius 3 is 3.15 bits per heavy atom. The SMILES string of the molecule is CCCNc1cnn(CC(N)=O)c1. The number of aromatic nitrogens is 2. The number of amides is 1. The van der Waals surface area contributed by atoms with Crippen molar-refractivity contribution in [1.82, 2.24) is 9.78 Å². The maximum Gasteiger partial charge on any atom is 0.239 e. The van der Waals surface area contributed by atoms with Gasteiger partial charge >= 0.3 is 0 Å². The van der Waals surface area contributed by atoms with Gasteiger partial charge in [-0.3, -0.25) is 9.48 Å². The fraction of sp³-hybridized carbons (Fsp3) is 0.500. The number of primary amides is 1. The summed E-state index contributed by atoms with van der Waals surface area (Å²) in [6.45, 7) is 3.12. The van der Waals surface area contributed by atoms with E-state index in [4.69, 9.17) is 5.73 Å². The van der Waals surface area contributed by atoms with Gasteiger partial charge in [0.1, 0.15) is 6.54 Å². The molecular formula is C8H14N4O. The third-order valence-electron chi connectivity index (χ3n) is 1.53. The van der Waals surface area contributed by atoms with Crippen LogP contribution >= 0.6 is 0 Å². The zero-order valence-corrected chi connectivity index (χ0v) is 7.66. The summed E-state index contributed by atoms with van der Waals surface area (Å²) in [4.78, 5) is 10.5. The Bertz CT molecular complexity index is 281. The highest BCUT2D eigenvalue weighted by molar-refractivity contribution is 5.73. The molecule has 1 aromatic rings. The van der Waals surface area contributed by atoms with Crippen LogP contribution in [-0.4, -0.2) is 22.2 Å². The Morgan fingerprint density at radius 2 is 2.54 bits per heavy atom. The topological polar surface area (TPSA) is 72.9 Å². The number of carbonyl (C=O) groups is 1. The van der Waals surface area contributed by atoms with Crippen molar-refractivity contribution in [2.24, 2.45) is 5.73 Å². The third kappa shape index (κ3) is 3.14. The second-order valence-corrected chi connectivity index (χ2v) is 2.82. The Kier molecular flexibility index (Phi) is 3.31. The quantitative estimate of drug-likeness (QED) is 0.682. The lowest BCUT2D eigenvalue weighted by atomic mass is 10.4. The van der Waals surface area contributed by atoms with Crippen molar-refractivity contribution in [1.29, 1.82) is 0 Å². The molecule has 1 heterocycles. The van der Waals surface area contributed by atoms with Crippen molar-refractivity contribution in [2.75, 3.05) is 11.9 Å². The number of nitrogens with zero attached hydrogens (tertiary/aromatic N) is 2. The van der Waals surface area contributed by atoms with Crippen LogP contribution in [0.25, 0.3) is 0 Å². The average molecular weight is 182 g/mol. The zero-order valence-electron chi connectivity index (χ0n) is 7.66. The lowest BCUT2D eigenvalue weighted by molar-refractivity contribution is -0.118. The molecule has 0 fully saturated rings. The van der Waals surface area contributed by atoms with Crippen molar-refractivity contribution in [3.63, 3.8) is 0 Å². The van der Waals surface area contributed by atoms with E-state index in [9.17, 15) is 4.79 Å². The van der Waals surface area contributed by atoms with Crippen LogP contribution in [0.5, 0.6) is 0 Å². The van der Waals surface area contributed by atoms with Crippen LogP contribution in [-0.2, 0) is 11.3 Å². The third-order valence-corrected chi connectivity index (χ3v) is 1.53. The monoisotopic (exact) mass is 182 g/mol. The van der Waals surface area contributed by atoms with Crippen LogP contribution in [0.4, 0.5) is 5.69 Å². The van der Waals surface area contributed by atoms with Gasteiger partial charge < -0.3 is 11.1 Å². The fourth-order valence-corrected chi connectivity index (χ4v) is 0.970. The van der Waals surface area contributed by atoms with E-state index in [-0.39, 0.29) is 12.5 Å². The normalized spacial score (nSPS) is 9.92. The first kappa shape index (κ1) is 9.57. The summed E-state index contributed by atoms with van der Waals surface area (Å²) in [5, 5.41) is 7.12. The highest BCUT2D eigenvalue weighted by Gasteiger charge is 1.99. The van der Waals surface area contributed by atoms with E-state index in [1.54, 1.807) is 12.4 Å². The van der Waals surface area contributed by atoms with E-state index in [2.05, 4.69) is 17.3 Å². The molecule has 0 saturated heterocycles. The van der Waals surface area contributed by atoms with Gasteiger partial charge in [0.25, 0.3) is 0 Å². The number of nitrogens with two attached hydrogens (primary N) is 1. The van der Waals surface area contributed by atoms with Crippen LogP contribution in [0.15, 0.2) is 12.4 Å². The molecule has 0 saturated carbocycles. The molecule has 13 heavy (non-hydrogen) atoms. The van der Waals surface area contributed by atoms with E-state index in [0.717, 1.165) is 18.7 Å². The van der Waals surface area contributed by atoms with Crippen LogP contribution in [0.3, 0.4) is 0 Å². The molecule has 0 radical (unpaired) electrons.